The first-order valence-electron chi connectivity index (χ1n) is 12.1. The zero-order valence-electron chi connectivity index (χ0n) is 19.8. The van der Waals surface area contributed by atoms with Crippen LogP contribution in [0.15, 0.2) is 72.8 Å². The topological polar surface area (TPSA) is 52.9 Å². The van der Waals surface area contributed by atoms with Gasteiger partial charge in [0.1, 0.15) is 18.0 Å². The van der Waals surface area contributed by atoms with Crippen molar-refractivity contribution in [3.63, 3.8) is 0 Å². The van der Waals surface area contributed by atoms with Crippen molar-refractivity contribution in [3.05, 3.63) is 100 Å². The molecular weight excluding hydrogens is 446 g/mol. The minimum absolute atomic E-state index is 0.295. The van der Waals surface area contributed by atoms with Crippen molar-refractivity contribution in [2.45, 2.75) is 31.8 Å². The van der Waals surface area contributed by atoms with Crippen LogP contribution in [-0.4, -0.2) is 48.0 Å². The molecule has 0 saturated carbocycles. The first-order chi connectivity index (χ1) is 16.5. The van der Waals surface area contributed by atoms with Crippen molar-refractivity contribution in [3.8, 4) is 5.75 Å². The van der Waals surface area contributed by atoms with Crippen LogP contribution >= 0.6 is 11.6 Å². The van der Waals surface area contributed by atoms with Crippen molar-refractivity contribution in [1.29, 1.82) is 0 Å². The first kappa shape index (κ1) is 24.7. The Balaban J connectivity index is 1.45. The fourth-order valence-corrected chi connectivity index (χ4v) is 4.74. The molecule has 180 valence electrons. The number of aliphatic hydroxyl groups is 2. The Kier molecular flexibility index (Phi) is 8.28. The number of aryl methyl sites for hydroxylation is 1. The van der Waals surface area contributed by atoms with Crippen molar-refractivity contribution in [2.75, 3.05) is 32.8 Å². The van der Waals surface area contributed by atoms with E-state index in [4.69, 9.17) is 16.3 Å². The summed E-state index contributed by atoms with van der Waals surface area (Å²) >= 11 is 6.07. The molecule has 4 nitrogen and oxygen atoms in total. The number of piperidine rings is 1. The van der Waals surface area contributed by atoms with E-state index < -0.39 is 5.60 Å². The van der Waals surface area contributed by atoms with Gasteiger partial charge in [0.15, 0.2) is 0 Å². The van der Waals surface area contributed by atoms with Gasteiger partial charge in [-0.05, 0) is 79.7 Å². The van der Waals surface area contributed by atoms with Crippen LogP contribution in [0.3, 0.4) is 0 Å². The molecule has 4 rings (SSSR count). The lowest BCUT2D eigenvalue weighted by Gasteiger charge is -2.31. The number of likely N-dealkylation sites (tertiary alicyclic amines) is 1. The van der Waals surface area contributed by atoms with E-state index in [1.807, 2.05) is 79.7 Å². The van der Waals surface area contributed by atoms with E-state index in [2.05, 4.69) is 4.90 Å². The minimum Gasteiger partial charge on any atom is -0.492 e. The third-order valence-electron chi connectivity index (χ3n) is 6.88. The van der Waals surface area contributed by atoms with Crippen LogP contribution in [0, 0.1) is 12.8 Å². The molecule has 1 aliphatic heterocycles. The largest absolute Gasteiger partial charge is 0.492 e. The van der Waals surface area contributed by atoms with E-state index in [-0.39, 0.29) is 0 Å². The summed E-state index contributed by atoms with van der Waals surface area (Å²) < 4.78 is 6.00. The van der Waals surface area contributed by atoms with Gasteiger partial charge in [-0.25, -0.2) is 0 Å². The van der Waals surface area contributed by atoms with Crippen LogP contribution in [0.4, 0.5) is 0 Å². The summed E-state index contributed by atoms with van der Waals surface area (Å²) in [5.74, 6) is 1.25. The van der Waals surface area contributed by atoms with Gasteiger partial charge in [-0.15, -0.1) is 0 Å². The lowest BCUT2D eigenvalue weighted by Crippen LogP contribution is -2.37. The van der Waals surface area contributed by atoms with E-state index >= 15 is 0 Å². The van der Waals surface area contributed by atoms with Crippen LogP contribution in [0.2, 0.25) is 5.02 Å². The third kappa shape index (κ3) is 6.19. The fraction of sp³-hybridized carbons (Fsp3) is 0.379. The summed E-state index contributed by atoms with van der Waals surface area (Å²) in [6, 6.07) is 23.5. The smallest absolute Gasteiger partial charge is 0.119 e. The van der Waals surface area contributed by atoms with Gasteiger partial charge in [-0.3, -0.25) is 4.90 Å². The zero-order chi connectivity index (χ0) is 24.0. The average molecular weight is 480 g/mol. The number of ether oxygens (including phenoxy) is 1. The number of rotatable bonds is 9. The van der Waals surface area contributed by atoms with E-state index in [1.54, 1.807) is 0 Å². The van der Waals surface area contributed by atoms with Gasteiger partial charge < -0.3 is 14.9 Å². The molecule has 1 unspecified atom stereocenters. The number of benzene rings is 3. The van der Waals surface area contributed by atoms with Crippen molar-refractivity contribution in [2.24, 2.45) is 5.92 Å². The minimum atomic E-state index is -1.17. The number of halogens is 1. The van der Waals surface area contributed by atoms with Crippen molar-refractivity contribution in [1.82, 2.24) is 4.90 Å². The molecule has 2 N–H and O–H groups in total. The highest BCUT2D eigenvalue weighted by Gasteiger charge is 2.32. The summed E-state index contributed by atoms with van der Waals surface area (Å²) in [5, 5.41) is 21.9. The Morgan fingerprint density at radius 2 is 1.50 bits per heavy atom. The van der Waals surface area contributed by atoms with Gasteiger partial charge in [0.25, 0.3) is 0 Å². The van der Waals surface area contributed by atoms with E-state index in [1.165, 1.54) is 0 Å². The molecule has 0 spiro atoms. The van der Waals surface area contributed by atoms with Gasteiger partial charge in [0.05, 0.1) is 0 Å². The number of hydrogen-bond donors (Lipinski definition) is 2. The van der Waals surface area contributed by atoms with Gasteiger partial charge in [-0.2, -0.15) is 0 Å². The highest BCUT2D eigenvalue weighted by atomic mass is 35.5. The van der Waals surface area contributed by atoms with E-state index in [9.17, 15) is 10.2 Å². The van der Waals surface area contributed by atoms with E-state index in [0.717, 1.165) is 60.5 Å². The lowest BCUT2D eigenvalue weighted by molar-refractivity contribution is 0.0810. The normalized spacial score (nSPS) is 16.8. The monoisotopic (exact) mass is 479 g/mol. The quantitative estimate of drug-likeness (QED) is 0.442. The van der Waals surface area contributed by atoms with Crippen LogP contribution in [0.1, 0.15) is 35.1 Å². The predicted octanol–water partition coefficient (Wildman–Crippen LogP) is 5.21. The number of hydrogen-bond acceptors (Lipinski definition) is 4. The highest BCUT2D eigenvalue weighted by molar-refractivity contribution is 6.30. The average Bonchev–Trinajstić information content (AvgIpc) is 2.86. The van der Waals surface area contributed by atoms with Crippen molar-refractivity contribution >= 4 is 11.6 Å². The van der Waals surface area contributed by atoms with Crippen molar-refractivity contribution < 1.29 is 14.9 Å². The van der Waals surface area contributed by atoms with Gasteiger partial charge in [0.2, 0.25) is 0 Å². The van der Waals surface area contributed by atoms with Gasteiger partial charge in [-0.1, -0.05) is 65.7 Å². The molecule has 0 bridgehead atoms. The molecule has 1 aliphatic rings. The Morgan fingerprint density at radius 1 is 0.912 bits per heavy atom. The molecule has 1 saturated heterocycles. The molecular formula is C29H34ClNO3. The molecule has 0 aromatic heterocycles. The SMILES string of the molecule is Cc1ccc(C(O)(Cc2ccc(Cl)cc2)c2ccc(OCCN3CCC(CO)CC3)cc2)cc1. The molecule has 1 atom stereocenters. The molecule has 5 heteroatoms. The fourth-order valence-electron chi connectivity index (χ4n) is 4.61. The summed E-state index contributed by atoms with van der Waals surface area (Å²) in [4.78, 5) is 2.39. The van der Waals surface area contributed by atoms with Crippen LogP contribution < -0.4 is 4.74 Å². The molecule has 0 aliphatic carbocycles. The van der Waals surface area contributed by atoms with Crippen LogP contribution in [0.5, 0.6) is 5.75 Å². The Labute approximate surface area is 207 Å². The van der Waals surface area contributed by atoms with E-state index in [0.29, 0.717) is 30.6 Å². The zero-order valence-corrected chi connectivity index (χ0v) is 20.5. The summed E-state index contributed by atoms with van der Waals surface area (Å²) in [7, 11) is 0. The Hall–Kier alpha value is -2.37. The maximum absolute atomic E-state index is 11.9. The van der Waals surface area contributed by atoms with Gasteiger partial charge >= 0.3 is 0 Å². The molecule has 34 heavy (non-hydrogen) atoms. The second-order valence-corrected chi connectivity index (χ2v) is 9.81. The predicted molar refractivity (Wildman–Crippen MR) is 138 cm³/mol. The first-order valence-corrected chi connectivity index (χ1v) is 12.4. The molecule has 3 aromatic rings. The standard InChI is InChI=1S/C29H34ClNO3/c1-22-2-6-25(7-3-22)29(33,20-23-4-10-27(30)11-5-23)26-8-12-28(13-9-26)34-19-18-31-16-14-24(21-32)15-17-31/h2-13,24,32-33H,14-21H2,1H3. The highest BCUT2D eigenvalue weighted by Crippen LogP contribution is 2.35. The molecule has 1 heterocycles. The maximum Gasteiger partial charge on any atom is 0.119 e. The second-order valence-electron chi connectivity index (χ2n) is 9.37. The Morgan fingerprint density at radius 3 is 2.09 bits per heavy atom. The summed E-state index contributed by atoms with van der Waals surface area (Å²) in [6.07, 6.45) is 2.55. The summed E-state index contributed by atoms with van der Waals surface area (Å²) in [5.41, 5.74) is 2.68. The molecule has 0 amide bonds. The van der Waals surface area contributed by atoms with Crippen LogP contribution in [-0.2, 0) is 12.0 Å². The second kappa shape index (κ2) is 11.4. The Bertz CT molecular complexity index is 1030. The van der Waals surface area contributed by atoms with Gasteiger partial charge in [0, 0.05) is 24.6 Å². The van der Waals surface area contributed by atoms with Crippen LogP contribution in [0.25, 0.3) is 0 Å². The number of nitrogens with zero attached hydrogens (tertiary/aromatic N) is 1. The molecule has 3 aromatic carbocycles. The third-order valence-corrected chi connectivity index (χ3v) is 7.13. The molecule has 0 radical (unpaired) electrons. The molecule has 1 fully saturated rings. The summed E-state index contributed by atoms with van der Waals surface area (Å²) in [6.45, 7) is 5.87. The lowest BCUT2D eigenvalue weighted by atomic mass is 9.81. The number of aliphatic hydroxyl groups excluding tert-OH is 1. The maximum atomic E-state index is 11.9.